The number of aromatic nitrogens is 3. The fraction of sp³-hybridized carbons (Fsp3) is 0.235. The summed E-state index contributed by atoms with van der Waals surface area (Å²) >= 11 is 7.41. The molecule has 0 bridgehead atoms. The number of carbonyl (C=O) groups excluding carboxylic acids is 1. The van der Waals surface area contributed by atoms with Crippen molar-refractivity contribution in [1.29, 1.82) is 0 Å². The lowest BCUT2D eigenvalue weighted by Gasteiger charge is -2.04. The van der Waals surface area contributed by atoms with Crippen LogP contribution in [-0.4, -0.2) is 27.0 Å². The van der Waals surface area contributed by atoms with Gasteiger partial charge in [0.15, 0.2) is 0 Å². The van der Waals surface area contributed by atoms with Crippen LogP contribution < -0.4 is 5.32 Å². The summed E-state index contributed by atoms with van der Waals surface area (Å²) in [5, 5.41) is 4.41. The molecule has 0 spiro atoms. The number of aryl methyl sites for hydroxylation is 2. The number of imidazole rings is 1. The average Bonchev–Trinajstić information content (AvgIpc) is 3.21. The summed E-state index contributed by atoms with van der Waals surface area (Å²) in [6, 6.07) is 7.49. The Morgan fingerprint density at radius 2 is 2.29 bits per heavy atom. The first-order valence-corrected chi connectivity index (χ1v) is 8.80. The Labute approximate surface area is 149 Å². The van der Waals surface area contributed by atoms with Gasteiger partial charge in [0, 0.05) is 36.1 Å². The van der Waals surface area contributed by atoms with Crippen LogP contribution in [0.2, 0.25) is 5.02 Å². The standard InChI is InChI=1S/C17H17ClN4OS/c1-12-15(16(23)20-6-3-8-22-9-7-19-11-22)24-17(21-12)13-4-2-5-14(18)10-13/h2,4-5,7,9-11H,3,6,8H2,1H3,(H,20,23). The first-order chi connectivity index (χ1) is 11.6. The average molecular weight is 361 g/mol. The van der Waals surface area contributed by atoms with Crippen LogP contribution in [0, 0.1) is 6.92 Å². The van der Waals surface area contributed by atoms with Crippen molar-refractivity contribution >= 4 is 28.8 Å². The molecule has 0 fully saturated rings. The lowest BCUT2D eigenvalue weighted by Crippen LogP contribution is -2.25. The number of rotatable bonds is 6. The molecule has 1 aromatic carbocycles. The van der Waals surface area contributed by atoms with Gasteiger partial charge in [-0.15, -0.1) is 11.3 Å². The summed E-state index contributed by atoms with van der Waals surface area (Å²) in [5.41, 5.74) is 1.66. The molecular formula is C17H17ClN4OS. The van der Waals surface area contributed by atoms with E-state index in [1.54, 1.807) is 12.5 Å². The van der Waals surface area contributed by atoms with E-state index in [1.165, 1.54) is 11.3 Å². The van der Waals surface area contributed by atoms with Gasteiger partial charge >= 0.3 is 0 Å². The predicted molar refractivity (Wildman–Crippen MR) is 96.5 cm³/mol. The molecule has 1 amide bonds. The largest absolute Gasteiger partial charge is 0.351 e. The molecule has 0 atom stereocenters. The van der Waals surface area contributed by atoms with Crippen LogP contribution >= 0.6 is 22.9 Å². The van der Waals surface area contributed by atoms with E-state index in [-0.39, 0.29) is 5.91 Å². The normalized spacial score (nSPS) is 10.8. The maximum atomic E-state index is 12.4. The zero-order valence-corrected chi connectivity index (χ0v) is 14.8. The summed E-state index contributed by atoms with van der Waals surface area (Å²) in [7, 11) is 0. The fourth-order valence-corrected chi connectivity index (χ4v) is 3.48. The van der Waals surface area contributed by atoms with Crippen molar-refractivity contribution in [2.45, 2.75) is 19.9 Å². The van der Waals surface area contributed by atoms with Crippen molar-refractivity contribution in [2.75, 3.05) is 6.54 Å². The first kappa shape index (κ1) is 16.7. The fourth-order valence-electron chi connectivity index (χ4n) is 2.31. The Balaban J connectivity index is 1.60. The molecule has 0 unspecified atom stereocenters. The molecule has 2 heterocycles. The van der Waals surface area contributed by atoms with Gasteiger partial charge in [-0.25, -0.2) is 9.97 Å². The number of benzene rings is 1. The summed E-state index contributed by atoms with van der Waals surface area (Å²) in [6.07, 6.45) is 6.27. The van der Waals surface area contributed by atoms with Gasteiger partial charge in [-0.2, -0.15) is 0 Å². The number of hydrogen-bond donors (Lipinski definition) is 1. The Bertz CT molecular complexity index is 829. The van der Waals surface area contributed by atoms with E-state index in [9.17, 15) is 4.79 Å². The highest BCUT2D eigenvalue weighted by atomic mass is 35.5. The van der Waals surface area contributed by atoms with E-state index >= 15 is 0 Å². The summed E-state index contributed by atoms with van der Waals surface area (Å²) in [6.45, 7) is 3.29. The van der Waals surface area contributed by atoms with Gasteiger partial charge in [0.05, 0.1) is 12.0 Å². The van der Waals surface area contributed by atoms with Gasteiger partial charge in [0.2, 0.25) is 0 Å². The molecule has 0 aliphatic rings. The van der Waals surface area contributed by atoms with Crippen molar-refractivity contribution in [3.05, 3.63) is 58.6 Å². The maximum Gasteiger partial charge on any atom is 0.263 e. The van der Waals surface area contributed by atoms with Crippen molar-refractivity contribution in [2.24, 2.45) is 0 Å². The molecule has 24 heavy (non-hydrogen) atoms. The van der Waals surface area contributed by atoms with Crippen LogP contribution in [0.25, 0.3) is 10.6 Å². The Morgan fingerprint density at radius 1 is 1.42 bits per heavy atom. The lowest BCUT2D eigenvalue weighted by atomic mass is 10.2. The topological polar surface area (TPSA) is 59.8 Å². The van der Waals surface area contributed by atoms with E-state index in [4.69, 9.17) is 11.6 Å². The smallest absolute Gasteiger partial charge is 0.263 e. The highest BCUT2D eigenvalue weighted by Gasteiger charge is 2.16. The number of nitrogens with one attached hydrogen (secondary N) is 1. The summed E-state index contributed by atoms with van der Waals surface area (Å²) in [5.74, 6) is -0.0797. The molecular weight excluding hydrogens is 344 g/mol. The number of nitrogens with zero attached hydrogens (tertiary/aromatic N) is 3. The third-order valence-electron chi connectivity index (χ3n) is 3.51. The highest BCUT2D eigenvalue weighted by Crippen LogP contribution is 2.29. The Kier molecular flexibility index (Phi) is 5.27. The van der Waals surface area contributed by atoms with Gasteiger partial charge in [0.25, 0.3) is 5.91 Å². The van der Waals surface area contributed by atoms with Crippen LogP contribution in [0.5, 0.6) is 0 Å². The third-order valence-corrected chi connectivity index (χ3v) is 4.95. The molecule has 5 nitrogen and oxygen atoms in total. The number of amides is 1. The second-order valence-corrected chi connectivity index (χ2v) is 6.79. The SMILES string of the molecule is Cc1nc(-c2cccc(Cl)c2)sc1C(=O)NCCCn1ccnc1. The minimum Gasteiger partial charge on any atom is -0.351 e. The molecule has 3 aromatic rings. The number of halogens is 1. The minimum absolute atomic E-state index is 0.0797. The molecule has 0 saturated heterocycles. The predicted octanol–water partition coefficient (Wildman–Crippen LogP) is 3.79. The van der Waals surface area contributed by atoms with Crippen molar-refractivity contribution in [1.82, 2.24) is 19.9 Å². The Hall–Kier alpha value is -2.18. The van der Waals surface area contributed by atoms with Gasteiger partial charge in [-0.05, 0) is 25.5 Å². The zero-order valence-electron chi connectivity index (χ0n) is 13.2. The number of hydrogen-bond acceptors (Lipinski definition) is 4. The maximum absolute atomic E-state index is 12.4. The molecule has 0 aliphatic carbocycles. The monoisotopic (exact) mass is 360 g/mol. The van der Waals surface area contributed by atoms with Crippen molar-refractivity contribution < 1.29 is 4.79 Å². The second-order valence-electron chi connectivity index (χ2n) is 5.35. The summed E-state index contributed by atoms with van der Waals surface area (Å²) < 4.78 is 1.99. The molecule has 2 aromatic heterocycles. The first-order valence-electron chi connectivity index (χ1n) is 7.61. The highest BCUT2D eigenvalue weighted by molar-refractivity contribution is 7.17. The van der Waals surface area contributed by atoms with Crippen LogP contribution in [0.3, 0.4) is 0 Å². The van der Waals surface area contributed by atoms with Crippen LogP contribution in [-0.2, 0) is 6.54 Å². The van der Waals surface area contributed by atoms with Crippen LogP contribution in [0.1, 0.15) is 21.8 Å². The second kappa shape index (κ2) is 7.59. The zero-order chi connectivity index (χ0) is 16.9. The van der Waals surface area contributed by atoms with Gasteiger partial charge < -0.3 is 9.88 Å². The van der Waals surface area contributed by atoms with E-state index in [0.29, 0.717) is 16.4 Å². The molecule has 3 rings (SSSR count). The molecule has 124 valence electrons. The third kappa shape index (κ3) is 4.01. The summed E-state index contributed by atoms with van der Waals surface area (Å²) in [4.78, 5) is 21.5. The van der Waals surface area contributed by atoms with E-state index in [0.717, 1.165) is 29.2 Å². The quantitative estimate of drug-likeness (QED) is 0.680. The van der Waals surface area contributed by atoms with E-state index in [1.807, 2.05) is 42.0 Å². The van der Waals surface area contributed by atoms with Gasteiger partial charge in [-0.1, -0.05) is 23.7 Å². The van der Waals surface area contributed by atoms with Crippen molar-refractivity contribution in [3.8, 4) is 10.6 Å². The molecule has 0 saturated carbocycles. The number of carbonyl (C=O) groups is 1. The Morgan fingerprint density at radius 3 is 3.04 bits per heavy atom. The minimum atomic E-state index is -0.0797. The molecule has 1 N–H and O–H groups in total. The molecule has 0 aliphatic heterocycles. The van der Waals surface area contributed by atoms with Crippen molar-refractivity contribution in [3.63, 3.8) is 0 Å². The number of thiazole rings is 1. The van der Waals surface area contributed by atoms with Gasteiger partial charge in [-0.3, -0.25) is 4.79 Å². The van der Waals surface area contributed by atoms with Gasteiger partial charge in [0.1, 0.15) is 9.88 Å². The van der Waals surface area contributed by atoms with E-state index < -0.39 is 0 Å². The lowest BCUT2D eigenvalue weighted by molar-refractivity contribution is 0.0956. The molecule has 0 radical (unpaired) electrons. The van der Waals surface area contributed by atoms with E-state index in [2.05, 4.69) is 15.3 Å². The van der Waals surface area contributed by atoms with Crippen LogP contribution in [0.15, 0.2) is 43.0 Å². The van der Waals surface area contributed by atoms with Crippen LogP contribution in [0.4, 0.5) is 0 Å². The molecule has 7 heteroatoms.